The van der Waals surface area contributed by atoms with Gasteiger partial charge >= 0.3 is 0 Å². The smallest absolute Gasteiger partial charge is 0.152 e. The highest BCUT2D eigenvalue weighted by Crippen LogP contribution is 2.42. The fourth-order valence-electron chi connectivity index (χ4n) is 2.33. The van der Waals surface area contributed by atoms with Gasteiger partial charge < -0.3 is 5.11 Å². The molecule has 1 fully saturated rings. The van der Waals surface area contributed by atoms with Gasteiger partial charge in [-0.2, -0.15) is 10.4 Å². The van der Waals surface area contributed by atoms with Gasteiger partial charge in [0.15, 0.2) is 9.84 Å². The molecule has 0 saturated carbocycles. The molecule has 0 amide bonds. The number of aromatic nitrogens is 2. The molecule has 1 aliphatic heterocycles. The van der Waals surface area contributed by atoms with E-state index in [1.165, 1.54) is 6.20 Å². The number of sulfone groups is 1. The van der Waals surface area contributed by atoms with Gasteiger partial charge in [-0.25, -0.2) is 8.42 Å². The van der Waals surface area contributed by atoms with Gasteiger partial charge in [-0.15, -0.1) is 0 Å². The minimum absolute atomic E-state index is 0.0457. The SMILES string of the molecule is CC(C)n1cc(C(O)C2(C#N)CCS(=O)(=O)C2)cn1. The van der Waals surface area contributed by atoms with Crippen molar-refractivity contribution in [1.82, 2.24) is 9.78 Å². The van der Waals surface area contributed by atoms with Crippen LogP contribution >= 0.6 is 0 Å². The van der Waals surface area contributed by atoms with Crippen LogP contribution in [-0.4, -0.2) is 34.8 Å². The van der Waals surface area contributed by atoms with E-state index in [0.29, 0.717) is 5.56 Å². The van der Waals surface area contributed by atoms with Crippen molar-refractivity contribution >= 4 is 9.84 Å². The monoisotopic (exact) mass is 283 g/mol. The summed E-state index contributed by atoms with van der Waals surface area (Å²) in [4.78, 5) is 0. The van der Waals surface area contributed by atoms with Gasteiger partial charge in [0.25, 0.3) is 0 Å². The fourth-order valence-corrected chi connectivity index (χ4v) is 4.31. The molecule has 19 heavy (non-hydrogen) atoms. The fraction of sp³-hybridized carbons (Fsp3) is 0.667. The molecule has 0 spiro atoms. The summed E-state index contributed by atoms with van der Waals surface area (Å²) in [6.07, 6.45) is 2.20. The standard InChI is InChI=1S/C12H17N3O3S/c1-9(2)15-6-10(5-14-15)11(16)12(7-13)3-4-19(17,18)8-12/h5-6,9,11,16H,3-4,8H2,1-2H3. The summed E-state index contributed by atoms with van der Waals surface area (Å²) in [6, 6.07) is 2.15. The molecule has 2 unspecified atom stereocenters. The Kier molecular flexibility index (Phi) is 3.41. The van der Waals surface area contributed by atoms with Gasteiger partial charge in [0.1, 0.15) is 11.5 Å². The third-order valence-corrected chi connectivity index (χ3v) is 5.33. The highest BCUT2D eigenvalue weighted by atomic mass is 32.2. The van der Waals surface area contributed by atoms with Crippen LogP contribution in [0.4, 0.5) is 0 Å². The Balaban J connectivity index is 2.32. The summed E-state index contributed by atoms with van der Waals surface area (Å²) < 4.78 is 24.8. The quantitative estimate of drug-likeness (QED) is 0.886. The maximum absolute atomic E-state index is 11.6. The largest absolute Gasteiger partial charge is 0.387 e. The predicted molar refractivity (Wildman–Crippen MR) is 68.9 cm³/mol. The minimum atomic E-state index is -3.24. The van der Waals surface area contributed by atoms with Crippen LogP contribution in [0.1, 0.15) is 38.0 Å². The van der Waals surface area contributed by atoms with E-state index in [1.54, 1.807) is 10.9 Å². The van der Waals surface area contributed by atoms with E-state index in [4.69, 9.17) is 0 Å². The molecule has 1 N–H and O–H groups in total. The summed E-state index contributed by atoms with van der Waals surface area (Å²) in [5.41, 5.74) is -0.753. The van der Waals surface area contributed by atoms with Crippen molar-refractivity contribution in [3.63, 3.8) is 0 Å². The van der Waals surface area contributed by atoms with Gasteiger partial charge in [-0.3, -0.25) is 4.68 Å². The lowest BCUT2D eigenvalue weighted by Crippen LogP contribution is -2.28. The third kappa shape index (κ3) is 2.51. The predicted octanol–water partition coefficient (Wildman–Crippen LogP) is 0.826. The Hall–Kier alpha value is -1.39. The van der Waals surface area contributed by atoms with Gasteiger partial charge in [-0.1, -0.05) is 0 Å². The molecule has 0 radical (unpaired) electrons. The average molecular weight is 283 g/mol. The maximum Gasteiger partial charge on any atom is 0.152 e. The summed E-state index contributed by atoms with van der Waals surface area (Å²) >= 11 is 0. The Morgan fingerprint density at radius 1 is 1.58 bits per heavy atom. The van der Waals surface area contributed by atoms with E-state index in [-0.39, 0.29) is 24.0 Å². The summed E-state index contributed by atoms with van der Waals surface area (Å²) in [5.74, 6) is -0.333. The molecular formula is C12H17N3O3S. The number of aliphatic hydroxyl groups excluding tert-OH is 1. The Labute approximate surface area is 112 Å². The molecule has 6 nitrogen and oxygen atoms in total. The highest BCUT2D eigenvalue weighted by Gasteiger charge is 2.49. The lowest BCUT2D eigenvalue weighted by Gasteiger charge is -2.24. The van der Waals surface area contributed by atoms with Crippen LogP contribution in [0, 0.1) is 16.7 Å². The first kappa shape index (κ1) is 14.0. The molecular weight excluding hydrogens is 266 g/mol. The van der Waals surface area contributed by atoms with Crippen LogP contribution in [-0.2, 0) is 9.84 Å². The Bertz CT molecular complexity index is 614. The van der Waals surface area contributed by atoms with Crippen LogP contribution in [0.5, 0.6) is 0 Å². The normalized spacial score (nSPS) is 27.3. The number of hydrogen-bond donors (Lipinski definition) is 1. The lowest BCUT2D eigenvalue weighted by atomic mass is 9.81. The van der Waals surface area contributed by atoms with Gasteiger partial charge in [-0.05, 0) is 20.3 Å². The van der Waals surface area contributed by atoms with Crippen molar-refractivity contribution in [3.8, 4) is 6.07 Å². The van der Waals surface area contributed by atoms with E-state index in [1.807, 2.05) is 19.9 Å². The zero-order valence-corrected chi connectivity index (χ0v) is 11.8. The van der Waals surface area contributed by atoms with Crippen LogP contribution < -0.4 is 0 Å². The van der Waals surface area contributed by atoms with Gasteiger partial charge in [0.05, 0.1) is 23.8 Å². The summed E-state index contributed by atoms with van der Waals surface area (Å²) in [6.45, 7) is 3.90. The van der Waals surface area contributed by atoms with Crippen molar-refractivity contribution in [2.24, 2.45) is 5.41 Å². The molecule has 2 rings (SSSR count). The highest BCUT2D eigenvalue weighted by molar-refractivity contribution is 7.91. The minimum Gasteiger partial charge on any atom is -0.387 e. The van der Waals surface area contributed by atoms with Crippen LogP contribution in [0.15, 0.2) is 12.4 Å². The molecule has 1 aromatic rings. The second-order valence-corrected chi connectivity index (χ2v) is 7.54. The molecule has 1 aliphatic rings. The number of nitrogens with zero attached hydrogens (tertiary/aromatic N) is 3. The molecule has 2 atom stereocenters. The third-order valence-electron chi connectivity index (χ3n) is 3.55. The number of nitriles is 1. The van der Waals surface area contributed by atoms with E-state index in [2.05, 4.69) is 5.10 Å². The van der Waals surface area contributed by atoms with E-state index >= 15 is 0 Å². The van der Waals surface area contributed by atoms with Crippen LogP contribution in [0.3, 0.4) is 0 Å². The Morgan fingerprint density at radius 3 is 2.68 bits per heavy atom. The van der Waals surface area contributed by atoms with Crippen LogP contribution in [0.25, 0.3) is 0 Å². The van der Waals surface area contributed by atoms with Crippen molar-refractivity contribution in [1.29, 1.82) is 5.26 Å². The Morgan fingerprint density at radius 2 is 2.26 bits per heavy atom. The first-order chi connectivity index (χ1) is 8.80. The number of rotatable bonds is 3. The molecule has 2 heterocycles. The summed E-state index contributed by atoms with van der Waals surface area (Å²) in [5, 5.41) is 23.8. The van der Waals surface area contributed by atoms with E-state index in [9.17, 15) is 18.8 Å². The summed E-state index contributed by atoms with van der Waals surface area (Å²) in [7, 11) is -3.24. The van der Waals surface area contributed by atoms with E-state index < -0.39 is 21.4 Å². The molecule has 0 bridgehead atoms. The van der Waals surface area contributed by atoms with Gasteiger partial charge in [0, 0.05) is 17.8 Å². The van der Waals surface area contributed by atoms with Crippen molar-refractivity contribution in [2.75, 3.05) is 11.5 Å². The first-order valence-corrected chi connectivity index (χ1v) is 7.95. The molecule has 7 heteroatoms. The van der Waals surface area contributed by atoms with Crippen molar-refractivity contribution in [3.05, 3.63) is 18.0 Å². The zero-order valence-electron chi connectivity index (χ0n) is 10.9. The van der Waals surface area contributed by atoms with Gasteiger partial charge in [0.2, 0.25) is 0 Å². The molecule has 0 aromatic carbocycles. The zero-order chi connectivity index (χ0) is 14.3. The topological polar surface area (TPSA) is 96.0 Å². The molecule has 0 aliphatic carbocycles. The number of hydrogen-bond acceptors (Lipinski definition) is 5. The number of aliphatic hydroxyl groups is 1. The first-order valence-electron chi connectivity index (χ1n) is 6.13. The molecule has 104 valence electrons. The van der Waals surface area contributed by atoms with Crippen LogP contribution in [0.2, 0.25) is 0 Å². The van der Waals surface area contributed by atoms with Crippen molar-refractivity contribution < 1.29 is 13.5 Å². The van der Waals surface area contributed by atoms with Crippen molar-refractivity contribution in [2.45, 2.75) is 32.4 Å². The lowest BCUT2D eigenvalue weighted by molar-refractivity contribution is 0.0792. The maximum atomic E-state index is 11.6. The van der Waals surface area contributed by atoms with E-state index in [0.717, 1.165) is 0 Å². The molecule has 1 saturated heterocycles. The average Bonchev–Trinajstić information content (AvgIpc) is 2.93. The second kappa shape index (κ2) is 4.62. The molecule has 1 aromatic heterocycles. The second-order valence-electron chi connectivity index (χ2n) is 5.36.